The normalized spacial score (nSPS) is 11.9. The smallest absolute Gasteiger partial charge is 0.261 e. The number of benzene rings is 2. The molecule has 140 valence electrons. The lowest BCUT2D eigenvalue weighted by atomic mass is 10.2. The van der Waals surface area contributed by atoms with Crippen LogP contribution in [0.1, 0.15) is 12.7 Å². The van der Waals surface area contributed by atoms with E-state index >= 15 is 0 Å². The van der Waals surface area contributed by atoms with Crippen LogP contribution in [-0.2, 0) is 11.3 Å². The minimum atomic E-state index is -0.718. The summed E-state index contributed by atoms with van der Waals surface area (Å²) in [5.41, 5.74) is 0.963. The van der Waals surface area contributed by atoms with Crippen molar-refractivity contribution >= 4 is 45.0 Å². The van der Waals surface area contributed by atoms with Gasteiger partial charge in [0.15, 0.2) is 6.10 Å². The molecule has 0 bridgehead atoms. The van der Waals surface area contributed by atoms with Gasteiger partial charge in [-0.15, -0.1) is 0 Å². The van der Waals surface area contributed by atoms with Crippen LogP contribution < -0.4 is 10.1 Å². The van der Waals surface area contributed by atoms with Crippen molar-refractivity contribution in [3.63, 3.8) is 0 Å². The standard InChI is InChI=1S/C20H16BrCl2NO3/c1-12(26-19-8-6-15(22)10-17(19)23)20(25)24-11-16-7-9-18(27-16)13-2-4-14(21)5-3-13/h2-10,12H,11H2,1H3,(H,24,25)/t12-/m1/s1. The summed E-state index contributed by atoms with van der Waals surface area (Å²) in [6.07, 6.45) is -0.718. The number of rotatable bonds is 6. The SMILES string of the molecule is C[C@@H](Oc1ccc(Cl)cc1Cl)C(=O)NCc1ccc(-c2ccc(Br)cc2)o1. The summed E-state index contributed by atoms with van der Waals surface area (Å²) < 4.78 is 12.4. The summed E-state index contributed by atoms with van der Waals surface area (Å²) in [5.74, 6) is 1.52. The third-order valence-corrected chi connectivity index (χ3v) is 4.85. The first kappa shape index (κ1) is 19.8. The van der Waals surface area contributed by atoms with Crippen LogP contribution >= 0.6 is 39.1 Å². The number of nitrogens with one attached hydrogen (secondary N) is 1. The first-order chi connectivity index (χ1) is 12.9. The molecule has 1 heterocycles. The topological polar surface area (TPSA) is 51.5 Å². The lowest BCUT2D eigenvalue weighted by Crippen LogP contribution is -2.35. The van der Waals surface area contributed by atoms with E-state index in [0.717, 1.165) is 15.8 Å². The van der Waals surface area contributed by atoms with Crippen LogP contribution in [0.25, 0.3) is 11.3 Å². The van der Waals surface area contributed by atoms with Crippen LogP contribution in [0.2, 0.25) is 10.0 Å². The molecule has 0 saturated carbocycles. The zero-order valence-electron chi connectivity index (χ0n) is 14.3. The zero-order valence-corrected chi connectivity index (χ0v) is 17.4. The molecule has 0 aliphatic rings. The van der Waals surface area contributed by atoms with E-state index in [1.54, 1.807) is 25.1 Å². The Labute approximate surface area is 175 Å². The van der Waals surface area contributed by atoms with E-state index in [4.69, 9.17) is 32.4 Å². The van der Waals surface area contributed by atoms with E-state index in [-0.39, 0.29) is 12.5 Å². The van der Waals surface area contributed by atoms with Crippen LogP contribution in [-0.4, -0.2) is 12.0 Å². The van der Waals surface area contributed by atoms with Gasteiger partial charge in [-0.05, 0) is 49.4 Å². The molecule has 4 nitrogen and oxygen atoms in total. The first-order valence-electron chi connectivity index (χ1n) is 8.16. The van der Waals surface area contributed by atoms with Crippen molar-refractivity contribution in [1.29, 1.82) is 0 Å². The van der Waals surface area contributed by atoms with E-state index in [0.29, 0.717) is 21.6 Å². The van der Waals surface area contributed by atoms with E-state index in [2.05, 4.69) is 21.2 Å². The molecule has 7 heteroatoms. The molecule has 0 aliphatic heterocycles. The van der Waals surface area contributed by atoms with E-state index < -0.39 is 6.10 Å². The maximum atomic E-state index is 12.3. The molecule has 3 rings (SSSR count). The lowest BCUT2D eigenvalue weighted by Gasteiger charge is -2.15. The summed E-state index contributed by atoms with van der Waals surface area (Å²) in [6, 6.07) is 16.4. The number of hydrogen-bond acceptors (Lipinski definition) is 3. The molecule has 1 aromatic heterocycles. The summed E-state index contributed by atoms with van der Waals surface area (Å²) in [4.78, 5) is 12.3. The fraction of sp³-hybridized carbons (Fsp3) is 0.150. The van der Waals surface area contributed by atoms with Gasteiger partial charge in [-0.1, -0.05) is 51.3 Å². The molecular weight excluding hydrogens is 453 g/mol. The first-order valence-corrected chi connectivity index (χ1v) is 9.71. The molecule has 1 atom stereocenters. The summed E-state index contributed by atoms with van der Waals surface area (Å²) >= 11 is 15.3. The number of carbonyl (C=O) groups excluding carboxylic acids is 1. The van der Waals surface area contributed by atoms with Crippen molar-refractivity contribution in [1.82, 2.24) is 5.32 Å². The quantitative estimate of drug-likeness (QED) is 0.475. The minimum absolute atomic E-state index is 0.261. The number of hydrogen-bond donors (Lipinski definition) is 1. The van der Waals surface area contributed by atoms with Gasteiger partial charge in [0.25, 0.3) is 5.91 Å². The van der Waals surface area contributed by atoms with Gasteiger partial charge in [-0.25, -0.2) is 0 Å². The maximum Gasteiger partial charge on any atom is 0.261 e. The van der Waals surface area contributed by atoms with Crippen LogP contribution in [0, 0.1) is 0 Å². The molecule has 0 spiro atoms. The lowest BCUT2D eigenvalue weighted by molar-refractivity contribution is -0.127. The molecule has 0 saturated heterocycles. The van der Waals surface area contributed by atoms with Gasteiger partial charge in [-0.3, -0.25) is 4.79 Å². The van der Waals surface area contributed by atoms with Gasteiger partial charge < -0.3 is 14.5 Å². The number of ether oxygens (including phenoxy) is 1. The Morgan fingerprint density at radius 1 is 1.15 bits per heavy atom. The van der Waals surface area contributed by atoms with Gasteiger partial charge in [0, 0.05) is 15.1 Å². The monoisotopic (exact) mass is 467 g/mol. The number of amides is 1. The van der Waals surface area contributed by atoms with Gasteiger partial charge in [0.1, 0.15) is 17.3 Å². The van der Waals surface area contributed by atoms with Crippen LogP contribution in [0.4, 0.5) is 0 Å². The predicted octanol–water partition coefficient (Wildman–Crippen LogP) is 6.10. The molecule has 2 aromatic carbocycles. The average Bonchev–Trinajstić information content (AvgIpc) is 3.11. The van der Waals surface area contributed by atoms with Crippen molar-refractivity contribution in [2.24, 2.45) is 0 Å². The molecule has 0 fully saturated rings. The fourth-order valence-electron chi connectivity index (χ4n) is 2.37. The Morgan fingerprint density at radius 2 is 1.89 bits per heavy atom. The Hall–Kier alpha value is -1.95. The largest absolute Gasteiger partial charge is 0.479 e. The molecule has 1 N–H and O–H groups in total. The van der Waals surface area contributed by atoms with Crippen molar-refractivity contribution in [3.8, 4) is 17.1 Å². The Morgan fingerprint density at radius 3 is 2.59 bits per heavy atom. The third kappa shape index (κ3) is 5.28. The van der Waals surface area contributed by atoms with Crippen molar-refractivity contribution in [2.75, 3.05) is 0 Å². The Balaban J connectivity index is 1.56. The van der Waals surface area contributed by atoms with Gasteiger partial charge >= 0.3 is 0 Å². The molecule has 0 unspecified atom stereocenters. The van der Waals surface area contributed by atoms with Gasteiger partial charge in [0.05, 0.1) is 11.6 Å². The second-order valence-electron chi connectivity index (χ2n) is 5.83. The molecule has 27 heavy (non-hydrogen) atoms. The molecular formula is C20H16BrCl2NO3. The minimum Gasteiger partial charge on any atom is -0.479 e. The summed E-state index contributed by atoms with van der Waals surface area (Å²) in [5, 5.41) is 3.65. The number of halogens is 3. The van der Waals surface area contributed by atoms with Crippen molar-refractivity contribution < 1.29 is 13.9 Å². The van der Waals surface area contributed by atoms with Crippen molar-refractivity contribution in [3.05, 3.63) is 74.9 Å². The van der Waals surface area contributed by atoms with Crippen molar-refractivity contribution in [2.45, 2.75) is 19.6 Å². The average molecular weight is 469 g/mol. The van der Waals surface area contributed by atoms with E-state index in [1.165, 1.54) is 0 Å². The molecule has 1 amide bonds. The highest BCUT2D eigenvalue weighted by Gasteiger charge is 2.16. The van der Waals surface area contributed by atoms with Crippen LogP contribution in [0.5, 0.6) is 5.75 Å². The highest BCUT2D eigenvalue weighted by atomic mass is 79.9. The Bertz CT molecular complexity index is 941. The zero-order chi connectivity index (χ0) is 19.4. The number of furan rings is 1. The van der Waals surface area contributed by atoms with Gasteiger partial charge in [0.2, 0.25) is 0 Å². The van der Waals surface area contributed by atoms with Crippen LogP contribution in [0.3, 0.4) is 0 Å². The summed E-state index contributed by atoms with van der Waals surface area (Å²) in [6.45, 7) is 1.91. The summed E-state index contributed by atoms with van der Waals surface area (Å²) in [7, 11) is 0. The molecule has 3 aromatic rings. The fourth-order valence-corrected chi connectivity index (χ4v) is 3.09. The second-order valence-corrected chi connectivity index (χ2v) is 7.58. The van der Waals surface area contributed by atoms with E-state index in [9.17, 15) is 4.79 Å². The van der Waals surface area contributed by atoms with Crippen LogP contribution in [0.15, 0.2) is 63.5 Å². The highest BCUT2D eigenvalue weighted by molar-refractivity contribution is 9.10. The maximum absolute atomic E-state index is 12.3. The Kier molecular flexibility index (Phi) is 6.47. The molecule has 0 radical (unpaired) electrons. The highest BCUT2D eigenvalue weighted by Crippen LogP contribution is 2.28. The third-order valence-electron chi connectivity index (χ3n) is 3.79. The van der Waals surface area contributed by atoms with Gasteiger partial charge in [-0.2, -0.15) is 0 Å². The molecule has 0 aliphatic carbocycles. The second kappa shape index (κ2) is 8.83. The number of carbonyl (C=O) groups is 1. The van der Waals surface area contributed by atoms with E-state index in [1.807, 2.05) is 36.4 Å². The predicted molar refractivity (Wildman–Crippen MR) is 110 cm³/mol.